The Morgan fingerprint density at radius 3 is 2.73 bits per heavy atom. The highest BCUT2D eigenvalue weighted by atomic mass is 16.6. The molecule has 0 aromatic carbocycles. The topological polar surface area (TPSA) is 130 Å². The van der Waals surface area contributed by atoms with Crippen LogP contribution in [0, 0.1) is 5.92 Å². The van der Waals surface area contributed by atoms with Crippen molar-refractivity contribution in [3.63, 3.8) is 0 Å². The molecule has 1 aliphatic carbocycles. The molecule has 40 heavy (non-hydrogen) atoms. The number of nitrogens with one attached hydrogen (secondary N) is 2. The second kappa shape index (κ2) is 10.5. The summed E-state index contributed by atoms with van der Waals surface area (Å²) < 4.78 is 21.4. The van der Waals surface area contributed by atoms with Gasteiger partial charge in [-0.25, -0.2) is 9.97 Å². The summed E-state index contributed by atoms with van der Waals surface area (Å²) in [5.41, 5.74) is 2.34. The molecular formula is C28H34N8O4. The van der Waals surface area contributed by atoms with Gasteiger partial charge in [0.15, 0.2) is 11.5 Å². The standard InChI is InChI=1S/C28H34N8O4/c1-28(2,3)22-13-24(34-36(22)15-20-16-38-9-10-39-20)32-27-33-25-21(35(27)4)11-19(14-30-25)40-18-7-8-29-23(12-18)31-26(37)17-5-6-17/h7-8,11-14,17,20H,5-6,9-10,15-16H2,1-4H3,(H,29,31,37)(H,30,32,33,34)/t20-/m1/s1. The molecule has 1 saturated carbocycles. The van der Waals surface area contributed by atoms with Crippen LogP contribution in [-0.2, 0) is 33.3 Å². The third-order valence-corrected chi connectivity index (χ3v) is 6.93. The Hall–Kier alpha value is -4.03. The molecule has 4 aromatic heterocycles. The number of pyridine rings is 2. The number of carbonyl (C=O) groups is 1. The van der Waals surface area contributed by atoms with Crippen molar-refractivity contribution in [1.82, 2.24) is 29.3 Å². The van der Waals surface area contributed by atoms with Crippen molar-refractivity contribution < 1.29 is 19.0 Å². The number of rotatable bonds is 8. The fraction of sp³-hybridized carbons (Fsp3) is 0.464. The Morgan fingerprint density at radius 1 is 1.12 bits per heavy atom. The van der Waals surface area contributed by atoms with Gasteiger partial charge in [0.1, 0.15) is 23.4 Å². The highest BCUT2D eigenvalue weighted by Gasteiger charge is 2.30. The minimum atomic E-state index is -0.115. The molecule has 6 rings (SSSR count). The third-order valence-electron chi connectivity index (χ3n) is 6.93. The number of hydrogen-bond donors (Lipinski definition) is 2. The molecule has 1 amide bonds. The van der Waals surface area contributed by atoms with E-state index < -0.39 is 0 Å². The van der Waals surface area contributed by atoms with E-state index in [1.165, 1.54) is 0 Å². The van der Waals surface area contributed by atoms with Crippen molar-refractivity contribution in [3.05, 3.63) is 42.4 Å². The summed E-state index contributed by atoms with van der Waals surface area (Å²) in [5, 5.41) is 11.0. The average Bonchev–Trinajstić information content (AvgIpc) is 3.63. The number of fused-ring (bicyclic) bond motifs is 1. The molecule has 210 valence electrons. The molecule has 1 atom stereocenters. The van der Waals surface area contributed by atoms with Crippen LogP contribution < -0.4 is 15.4 Å². The van der Waals surface area contributed by atoms with Gasteiger partial charge in [-0.3, -0.25) is 9.48 Å². The summed E-state index contributed by atoms with van der Waals surface area (Å²) in [6.45, 7) is 8.88. The number of nitrogens with zero attached hydrogens (tertiary/aromatic N) is 6. The normalized spacial score (nSPS) is 17.6. The minimum Gasteiger partial charge on any atom is -0.455 e. The Labute approximate surface area is 232 Å². The van der Waals surface area contributed by atoms with Crippen LogP contribution in [0.2, 0.25) is 0 Å². The van der Waals surface area contributed by atoms with Crippen molar-refractivity contribution in [2.45, 2.75) is 51.7 Å². The largest absolute Gasteiger partial charge is 0.455 e. The summed E-state index contributed by atoms with van der Waals surface area (Å²) in [4.78, 5) is 25.5. The Balaban J connectivity index is 1.20. The molecule has 5 heterocycles. The summed E-state index contributed by atoms with van der Waals surface area (Å²) >= 11 is 0. The van der Waals surface area contributed by atoms with Gasteiger partial charge in [-0.15, -0.1) is 0 Å². The summed E-state index contributed by atoms with van der Waals surface area (Å²) in [7, 11) is 1.91. The van der Waals surface area contributed by atoms with Gasteiger partial charge in [0, 0.05) is 48.5 Å². The Bertz CT molecular complexity index is 1530. The van der Waals surface area contributed by atoms with Crippen molar-refractivity contribution in [2.75, 3.05) is 30.5 Å². The lowest BCUT2D eigenvalue weighted by Gasteiger charge is -2.26. The van der Waals surface area contributed by atoms with Gasteiger partial charge in [0.25, 0.3) is 0 Å². The molecule has 0 spiro atoms. The lowest BCUT2D eigenvalue weighted by molar-refractivity contribution is -0.117. The van der Waals surface area contributed by atoms with Gasteiger partial charge in [-0.05, 0) is 18.9 Å². The first kappa shape index (κ1) is 26.2. The van der Waals surface area contributed by atoms with E-state index in [4.69, 9.17) is 19.3 Å². The predicted octanol–water partition coefficient (Wildman–Crippen LogP) is 4.16. The van der Waals surface area contributed by atoms with E-state index in [9.17, 15) is 4.79 Å². The van der Waals surface area contributed by atoms with Crippen LogP contribution in [0.25, 0.3) is 11.2 Å². The van der Waals surface area contributed by atoms with Gasteiger partial charge in [-0.2, -0.15) is 10.1 Å². The number of aryl methyl sites for hydroxylation is 1. The molecule has 12 nitrogen and oxygen atoms in total. The molecule has 1 saturated heterocycles. The molecule has 0 bridgehead atoms. The quantitative estimate of drug-likeness (QED) is 0.335. The van der Waals surface area contributed by atoms with Gasteiger partial charge >= 0.3 is 0 Å². The van der Waals surface area contributed by atoms with Crippen LogP contribution in [0.1, 0.15) is 39.3 Å². The Morgan fingerprint density at radius 2 is 1.98 bits per heavy atom. The van der Waals surface area contributed by atoms with E-state index in [0.29, 0.717) is 61.1 Å². The summed E-state index contributed by atoms with van der Waals surface area (Å²) in [6, 6.07) is 7.37. The molecule has 0 unspecified atom stereocenters. The first-order valence-electron chi connectivity index (χ1n) is 13.5. The number of imidazole rings is 1. The molecule has 1 aliphatic heterocycles. The number of anilines is 3. The predicted molar refractivity (Wildman–Crippen MR) is 149 cm³/mol. The van der Waals surface area contributed by atoms with E-state index in [2.05, 4.69) is 46.4 Å². The van der Waals surface area contributed by atoms with Crippen molar-refractivity contribution >= 4 is 34.7 Å². The maximum absolute atomic E-state index is 12.1. The van der Waals surface area contributed by atoms with E-state index in [1.807, 2.05) is 28.4 Å². The first-order valence-corrected chi connectivity index (χ1v) is 13.5. The van der Waals surface area contributed by atoms with Crippen LogP contribution in [0.3, 0.4) is 0 Å². The number of ether oxygens (including phenoxy) is 3. The number of hydrogen-bond acceptors (Lipinski definition) is 9. The van der Waals surface area contributed by atoms with Crippen molar-refractivity contribution in [1.29, 1.82) is 0 Å². The fourth-order valence-electron chi connectivity index (χ4n) is 4.64. The highest BCUT2D eigenvalue weighted by Crippen LogP contribution is 2.32. The van der Waals surface area contributed by atoms with Crippen LogP contribution in [-0.4, -0.2) is 61.1 Å². The fourth-order valence-corrected chi connectivity index (χ4v) is 4.64. The SMILES string of the molecule is Cn1c(Nc2cc(C(C)(C)C)n(C[C@@H]3COCCO3)n2)nc2ncc(Oc3ccnc(NC(=O)C4CC4)c3)cc21. The van der Waals surface area contributed by atoms with Crippen molar-refractivity contribution in [2.24, 2.45) is 13.0 Å². The summed E-state index contributed by atoms with van der Waals surface area (Å²) in [6.07, 6.45) is 5.06. The lowest BCUT2D eigenvalue weighted by atomic mass is 9.92. The van der Waals surface area contributed by atoms with E-state index in [1.54, 1.807) is 24.5 Å². The molecule has 12 heteroatoms. The maximum Gasteiger partial charge on any atom is 0.228 e. The summed E-state index contributed by atoms with van der Waals surface area (Å²) in [5.74, 6) is 2.95. The molecular weight excluding hydrogens is 512 g/mol. The zero-order valence-corrected chi connectivity index (χ0v) is 23.2. The molecule has 4 aromatic rings. The van der Waals surface area contributed by atoms with E-state index in [0.717, 1.165) is 24.1 Å². The van der Waals surface area contributed by atoms with Gasteiger partial charge in [0.2, 0.25) is 11.9 Å². The van der Waals surface area contributed by atoms with Gasteiger partial charge < -0.3 is 29.4 Å². The van der Waals surface area contributed by atoms with Crippen LogP contribution >= 0.6 is 0 Å². The zero-order chi connectivity index (χ0) is 27.9. The monoisotopic (exact) mass is 546 g/mol. The second-order valence-electron chi connectivity index (χ2n) is 11.3. The second-order valence-corrected chi connectivity index (χ2v) is 11.3. The van der Waals surface area contributed by atoms with Crippen LogP contribution in [0.4, 0.5) is 17.6 Å². The smallest absolute Gasteiger partial charge is 0.228 e. The number of aromatic nitrogens is 6. The lowest BCUT2D eigenvalue weighted by Crippen LogP contribution is -2.34. The van der Waals surface area contributed by atoms with Crippen LogP contribution in [0.5, 0.6) is 11.5 Å². The maximum atomic E-state index is 12.1. The first-order chi connectivity index (χ1) is 19.2. The number of amides is 1. The van der Waals surface area contributed by atoms with Gasteiger partial charge in [0.05, 0.1) is 38.1 Å². The highest BCUT2D eigenvalue weighted by molar-refractivity contribution is 5.93. The minimum absolute atomic E-state index is 0.00144. The average molecular weight is 547 g/mol. The van der Waals surface area contributed by atoms with Gasteiger partial charge in [-0.1, -0.05) is 20.8 Å². The van der Waals surface area contributed by atoms with E-state index in [-0.39, 0.29) is 23.3 Å². The van der Waals surface area contributed by atoms with E-state index >= 15 is 0 Å². The molecule has 2 fully saturated rings. The van der Waals surface area contributed by atoms with Crippen molar-refractivity contribution in [3.8, 4) is 11.5 Å². The molecule has 2 aliphatic rings. The molecule has 0 radical (unpaired) electrons. The third kappa shape index (κ3) is 5.77. The molecule has 2 N–H and O–H groups in total. The van der Waals surface area contributed by atoms with Crippen LogP contribution in [0.15, 0.2) is 36.7 Å². The Kier molecular flexibility index (Phi) is 6.88. The zero-order valence-electron chi connectivity index (χ0n) is 23.2. The number of carbonyl (C=O) groups excluding carboxylic acids is 1.